The van der Waals surface area contributed by atoms with Gasteiger partial charge in [-0.15, -0.1) is 0 Å². The van der Waals surface area contributed by atoms with Crippen molar-refractivity contribution in [3.8, 4) is 0 Å². The lowest BCUT2D eigenvalue weighted by Crippen LogP contribution is -2.28. The molecule has 0 spiro atoms. The van der Waals surface area contributed by atoms with Crippen LogP contribution in [-0.2, 0) is 12.1 Å². The molecule has 0 saturated heterocycles. The van der Waals surface area contributed by atoms with Gasteiger partial charge in [-0.2, -0.15) is 0 Å². The molecule has 1 aromatic heterocycles. The van der Waals surface area contributed by atoms with Crippen LogP contribution in [-0.4, -0.2) is 4.57 Å². The van der Waals surface area contributed by atoms with Crippen LogP contribution in [0.25, 0.3) is 10.9 Å². The molecule has 86 valence electrons. The van der Waals surface area contributed by atoms with E-state index in [0.717, 1.165) is 6.54 Å². The van der Waals surface area contributed by atoms with Gasteiger partial charge < -0.3 is 10.3 Å². The fraction of sp³-hybridized carbons (Fsp3) is 0.429. The summed E-state index contributed by atoms with van der Waals surface area (Å²) in [6.45, 7) is 9.42. The summed E-state index contributed by atoms with van der Waals surface area (Å²) in [7, 11) is 0. The highest BCUT2D eigenvalue weighted by molar-refractivity contribution is 5.88. The predicted octanol–water partition coefficient (Wildman–Crippen LogP) is 3.16. The van der Waals surface area contributed by atoms with Gasteiger partial charge in [0.25, 0.3) is 0 Å². The molecule has 0 unspecified atom stereocenters. The summed E-state index contributed by atoms with van der Waals surface area (Å²) in [6.07, 6.45) is 2.19. The molecular weight excluding hydrogens is 196 g/mol. The first-order valence-electron chi connectivity index (χ1n) is 5.83. The third kappa shape index (κ3) is 1.63. The van der Waals surface area contributed by atoms with E-state index < -0.39 is 0 Å². The number of benzene rings is 1. The van der Waals surface area contributed by atoms with Crippen molar-refractivity contribution < 1.29 is 0 Å². The Kier molecular flexibility index (Phi) is 2.55. The summed E-state index contributed by atoms with van der Waals surface area (Å²) >= 11 is 0. The second kappa shape index (κ2) is 3.63. The average molecular weight is 216 g/mol. The molecular formula is C14H20N2. The second-order valence-corrected chi connectivity index (χ2v) is 5.02. The number of hydrogen-bond acceptors (Lipinski definition) is 1. The molecule has 1 aromatic carbocycles. The lowest BCUT2D eigenvalue weighted by Gasteiger charge is -2.18. The molecule has 1 heterocycles. The number of hydrogen-bond donors (Lipinski definition) is 1. The van der Waals surface area contributed by atoms with Gasteiger partial charge in [0.1, 0.15) is 0 Å². The molecule has 2 heteroatoms. The maximum absolute atomic E-state index is 6.25. The maximum Gasteiger partial charge on any atom is 0.0486 e. The van der Waals surface area contributed by atoms with Gasteiger partial charge in [0, 0.05) is 29.2 Å². The minimum absolute atomic E-state index is 0.287. The third-order valence-corrected chi connectivity index (χ3v) is 3.15. The van der Waals surface area contributed by atoms with E-state index in [1.807, 2.05) is 0 Å². The molecule has 0 amide bonds. The summed E-state index contributed by atoms with van der Waals surface area (Å²) in [6, 6.07) is 6.43. The smallest absolute Gasteiger partial charge is 0.0486 e. The predicted molar refractivity (Wildman–Crippen MR) is 69.6 cm³/mol. The highest BCUT2D eigenvalue weighted by Crippen LogP contribution is 2.31. The first-order valence-corrected chi connectivity index (χ1v) is 5.83. The van der Waals surface area contributed by atoms with Crippen molar-refractivity contribution in [2.45, 2.75) is 39.8 Å². The van der Waals surface area contributed by atoms with Gasteiger partial charge in [-0.1, -0.05) is 12.1 Å². The summed E-state index contributed by atoms with van der Waals surface area (Å²) in [4.78, 5) is 0. The van der Waals surface area contributed by atoms with Crippen molar-refractivity contribution in [3.05, 3.63) is 35.5 Å². The fourth-order valence-electron chi connectivity index (χ4n) is 2.28. The van der Waals surface area contributed by atoms with Gasteiger partial charge in [-0.25, -0.2) is 0 Å². The van der Waals surface area contributed by atoms with Crippen LogP contribution in [0.5, 0.6) is 0 Å². The van der Waals surface area contributed by atoms with Crippen molar-refractivity contribution in [2.24, 2.45) is 5.73 Å². The number of fused-ring (bicyclic) bond motifs is 1. The zero-order valence-corrected chi connectivity index (χ0v) is 10.5. The summed E-state index contributed by atoms with van der Waals surface area (Å²) in [5.41, 5.74) is 9.79. The topological polar surface area (TPSA) is 30.9 Å². The van der Waals surface area contributed by atoms with Crippen molar-refractivity contribution in [3.63, 3.8) is 0 Å². The number of nitrogens with zero attached hydrogens (tertiary/aromatic N) is 1. The molecule has 0 fully saturated rings. The minimum Gasteiger partial charge on any atom is -0.347 e. The number of nitrogens with two attached hydrogens (primary N) is 1. The molecule has 0 bridgehead atoms. The highest BCUT2D eigenvalue weighted by Gasteiger charge is 2.21. The van der Waals surface area contributed by atoms with Crippen LogP contribution < -0.4 is 5.73 Å². The Morgan fingerprint density at radius 1 is 1.31 bits per heavy atom. The number of aryl methyl sites for hydroxylation is 2. The SMILES string of the molecule is CCn1cc(C(C)(C)N)c2c(C)cccc21. The zero-order valence-electron chi connectivity index (χ0n) is 10.5. The summed E-state index contributed by atoms with van der Waals surface area (Å²) < 4.78 is 2.27. The van der Waals surface area contributed by atoms with Gasteiger partial charge in [0.2, 0.25) is 0 Å². The molecule has 0 atom stereocenters. The van der Waals surface area contributed by atoms with Crippen LogP contribution in [0, 0.1) is 6.92 Å². The van der Waals surface area contributed by atoms with Gasteiger partial charge >= 0.3 is 0 Å². The standard InChI is InChI=1S/C14H20N2/c1-5-16-9-11(14(3,4)15)13-10(2)7-6-8-12(13)16/h6-9H,5,15H2,1-4H3. The van der Waals surface area contributed by atoms with Crippen molar-refractivity contribution in [1.82, 2.24) is 4.57 Å². The van der Waals surface area contributed by atoms with E-state index >= 15 is 0 Å². The van der Waals surface area contributed by atoms with Crippen molar-refractivity contribution in [2.75, 3.05) is 0 Å². The van der Waals surface area contributed by atoms with E-state index in [0.29, 0.717) is 0 Å². The largest absolute Gasteiger partial charge is 0.347 e. The lowest BCUT2D eigenvalue weighted by atomic mass is 9.93. The van der Waals surface area contributed by atoms with Crippen LogP contribution >= 0.6 is 0 Å². The van der Waals surface area contributed by atoms with Gasteiger partial charge in [0.05, 0.1) is 0 Å². The van der Waals surface area contributed by atoms with Crippen LogP contribution in [0.2, 0.25) is 0 Å². The Bertz CT molecular complexity index is 515. The Balaban J connectivity index is 2.85. The Labute approximate surface area is 97.1 Å². The maximum atomic E-state index is 6.25. The van der Waals surface area contributed by atoms with E-state index in [-0.39, 0.29) is 5.54 Å². The summed E-state index contributed by atoms with van der Waals surface area (Å²) in [5, 5.41) is 1.32. The Morgan fingerprint density at radius 3 is 2.56 bits per heavy atom. The molecule has 0 saturated carbocycles. The second-order valence-electron chi connectivity index (χ2n) is 5.02. The van der Waals surface area contributed by atoms with Crippen molar-refractivity contribution in [1.29, 1.82) is 0 Å². The first-order chi connectivity index (χ1) is 7.45. The molecule has 0 aliphatic carbocycles. The Hall–Kier alpha value is -1.28. The van der Waals surface area contributed by atoms with Gasteiger partial charge in [-0.05, 0) is 44.9 Å². The van der Waals surface area contributed by atoms with Gasteiger partial charge in [0.15, 0.2) is 0 Å². The first kappa shape index (κ1) is 11.2. The molecule has 2 N–H and O–H groups in total. The van der Waals surface area contributed by atoms with Crippen LogP contribution in [0.15, 0.2) is 24.4 Å². The molecule has 2 rings (SSSR count). The van der Waals surface area contributed by atoms with Crippen LogP contribution in [0.4, 0.5) is 0 Å². The number of rotatable bonds is 2. The molecule has 0 radical (unpaired) electrons. The lowest BCUT2D eigenvalue weighted by molar-refractivity contribution is 0.556. The minimum atomic E-state index is -0.287. The molecule has 2 nitrogen and oxygen atoms in total. The van der Waals surface area contributed by atoms with Crippen LogP contribution in [0.1, 0.15) is 31.9 Å². The highest BCUT2D eigenvalue weighted by atomic mass is 15.0. The quantitative estimate of drug-likeness (QED) is 0.821. The summed E-state index contributed by atoms with van der Waals surface area (Å²) in [5.74, 6) is 0. The van der Waals surface area contributed by atoms with Gasteiger partial charge in [-0.3, -0.25) is 0 Å². The molecule has 16 heavy (non-hydrogen) atoms. The monoisotopic (exact) mass is 216 g/mol. The average Bonchev–Trinajstić information content (AvgIpc) is 2.57. The van der Waals surface area contributed by atoms with E-state index in [1.165, 1.54) is 22.0 Å². The zero-order chi connectivity index (χ0) is 11.9. The van der Waals surface area contributed by atoms with E-state index in [1.54, 1.807) is 0 Å². The normalized spacial score (nSPS) is 12.3. The van der Waals surface area contributed by atoms with Crippen molar-refractivity contribution >= 4 is 10.9 Å². The van der Waals surface area contributed by atoms with E-state index in [2.05, 4.69) is 56.7 Å². The molecule has 2 aromatic rings. The fourth-order valence-corrected chi connectivity index (χ4v) is 2.28. The number of aromatic nitrogens is 1. The molecule has 0 aliphatic rings. The third-order valence-electron chi connectivity index (χ3n) is 3.15. The molecule has 0 aliphatic heterocycles. The Morgan fingerprint density at radius 2 is 2.00 bits per heavy atom. The van der Waals surface area contributed by atoms with E-state index in [4.69, 9.17) is 5.73 Å². The van der Waals surface area contributed by atoms with E-state index in [9.17, 15) is 0 Å². The van der Waals surface area contributed by atoms with Crippen LogP contribution in [0.3, 0.4) is 0 Å².